The first-order chi connectivity index (χ1) is 18.2. The molecule has 0 aliphatic rings. The summed E-state index contributed by atoms with van der Waals surface area (Å²) in [5.41, 5.74) is 1.04. The lowest BCUT2D eigenvalue weighted by Gasteiger charge is -2.33. The molecule has 3 aromatic carbocycles. The molecule has 0 bridgehead atoms. The number of amides is 2. The van der Waals surface area contributed by atoms with E-state index >= 15 is 0 Å². The number of hydrogen-bond donors (Lipinski definition) is 1. The number of hydrogen-bond acceptors (Lipinski definition) is 4. The van der Waals surface area contributed by atoms with Crippen molar-refractivity contribution in [2.24, 2.45) is 0 Å². The fourth-order valence-electron chi connectivity index (χ4n) is 3.96. The zero-order chi connectivity index (χ0) is 27.7. The van der Waals surface area contributed by atoms with E-state index in [1.807, 2.05) is 44.2 Å². The highest BCUT2D eigenvalue weighted by molar-refractivity contribution is 7.92. The van der Waals surface area contributed by atoms with Gasteiger partial charge in [0.1, 0.15) is 12.6 Å². The molecule has 0 unspecified atom stereocenters. The maximum absolute atomic E-state index is 13.9. The van der Waals surface area contributed by atoms with Gasteiger partial charge in [-0.1, -0.05) is 73.4 Å². The van der Waals surface area contributed by atoms with E-state index in [2.05, 4.69) is 5.32 Å². The van der Waals surface area contributed by atoms with Crippen molar-refractivity contribution >= 4 is 50.7 Å². The Labute approximate surface area is 234 Å². The third-order valence-electron chi connectivity index (χ3n) is 5.91. The molecule has 1 N–H and O–H groups in total. The summed E-state index contributed by atoms with van der Waals surface area (Å²) in [6.45, 7) is 3.85. The van der Waals surface area contributed by atoms with Crippen LogP contribution in [-0.4, -0.2) is 44.3 Å². The van der Waals surface area contributed by atoms with Gasteiger partial charge in [-0.05, 0) is 60.9 Å². The number of anilines is 1. The molecule has 0 heterocycles. The molecule has 0 aliphatic heterocycles. The minimum absolute atomic E-state index is 0.0305. The summed E-state index contributed by atoms with van der Waals surface area (Å²) in [6.07, 6.45) is 1.10. The number of nitrogens with one attached hydrogen (secondary N) is 1. The van der Waals surface area contributed by atoms with Gasteiger partial charge in [-0.15, -0.1) is 0 Å². The number of halogens is 2. The Kier molecular flexibility index (Phi) is 10.6. The van der Waals surface area contributed by atoms with Crippen LogP contribution in [0.5, 0.6) is 0 Å². The van der Waals surface area contributed by atoms with Crippen LogP contribution in [0.25, 0.3) is 0 Å². The molecule has 0 saturated carbocycles. The summed E-state index contributed by atoms with van der Waals surface area (Å²) < 4.78 is 28.6. The second-order valence-electron chi connectivity index (χ2n) is 8.67. The zero-order valence-electron chi connectivity index (χ0n) is 21.3. The van der Waals surface area contributed by atoms with Gasteiger partial charge in [0, 0.05) is 23.1 Å². The molecule has 3 aromatic rings. The van der Waals surface area contributed by atoms with Crippen molar-refractivity contribution in [3.63, 3.8) is 0 Å². The van der Waals surface area contributed by atoms with Crippen molar-refractivity contribution in [2.45, 2.75) is 44.2 Å². The summed E-state index contributed by atoms with van der Waals surface area (Å²) in [4.78, 5) is 28.4. The molecule has 0 saturated heterocycles. The van der Waals surface area contributed by atoms with E-state index in [-0.39, 0.29) is 23.0 Å². The normalized spacial score (nSPS) is 12.0. The summed E-state index contributed by atoms with van der Waals surface area (Å²) in [5, 5.41) is 3.56. The zero-order valence-corrected chi connectivity index (χ0v) is 23.6. The maximum atomic E-state index is 13.9. The van der Waals surface area contributed by atoms with Gasteiger partial charge in [0.15, 0.2) is 0 Å². The molecule has 0 spiro atoms. The number of nitrogens with zero attached hydrogens (tertiary/aromatic N) is 2. The molecule has 202 valence electrons. The molecule has 0 fully saturated rings. The molecular formula is C28H31Cl2N3O4S. The van der Waals surface area contributed by atoms with Gasteiger partial charge in [-0.2, -0.15) is 0 Å². The van der Waals surface area contributed by atoms with Gasteiger partial charge < -0.3 is 10.2 Å². The monoisotopic (exact) mass is 575 g/mol. The van der Waals surface area contributed by atoms with Crippen molar-refractivity contribution in [3.05, 3.63) is 94.5 Å². The average Bonchev–Trinajstić information content (AvgIpc) is 2.91. The van der Waals surface area contributed by atoms with Crippen molar-refractivity contribution in [1.29, 1.82) is 0 Å². The topological polar surface area (TPSA) is 86.8 Å². The smallest absolute Gasteiger partial charge is 0.264 e. The minimum atomic E-state index is -4.19. The van der Waals surface area contributed by atoms with Gasteiger partial charge in [0.2, 0.25) is 11.8 Å². The number of benzene rings is 3. The second kappa shape index (κ2) is 13.6. The standard InChI is InChI=1S/C28H31Cl2N3O4S/c1-3-17-31-28(35)26(4-2)32(19-21-9-6-5-7-10-21)27(34)20-33(24-12-8-11-23(30)18-24)38(36,37)25-15-13-22(29)14-16-25/h5-16,18,26H,3-4,17,19-20H2,1-2H3,(H,31,35)/t26-/m0/s1. The van der Waals surface area contributed by atoms with Crippen LogP contribution in [0.15, 0.2) is 83.8 Å². The summed E-state index contributed by atoms with van der Waals surface area (Å²) in [7, 11) is -4.19. The van der Waals surface area contributed by atoms with Crippen LogP contribution >= 0.6 is 23.2 Å². The highest BCUT2D eigenvalue weighted by Gasteiger charge is 2.33. The summed E-state index contributed by atoms with van der Waals surface area (Å²) >= 11 is 12.2. The van der Waals surface area contributed by atoms with E-state index < -0.39 is 28.5 Å². The van der Waals surface area contributed by atoms with Gasteiger partial charge >= 0.3 is 0 Å². The van der Waals surface area contributed by atoms with Crippen LogP contribution in [0.1, 0.15) is 32.3 Å². The summed E-state index contributed by atoms with van der Waals surface area (Å²) in [6, 6.07) is 20.5. The first-order valence-electron chi connectivity index (χ1n) is 12.3. The Balaban J connectivity index is 2.04. The Morgan fingerprint density at radius 3 is 2.18 bits per heavy atom. The Morgan fingerprint density at radius 1 is 0.895 bits per heavy atom. The second-order valence-corrected chi connectivity index (χ2v) is 11.4. The van der Waals surface area contributed by atoms with E-state index in [4.69, 9.17) is 23.2 Å². The predicted octanol–water partition coefficient (Wildman–Crippen LogP) is 5.52. The minimum Gasteiger partial charge on any atom is -0.354 e. The molecule has 7 nitrogen and oxygen atoms in total. The number of carbonyl (C=O) groups excluding carboxylic acids is 2. The van der Waals surface area contributed by atoms with Crippen LogP contribution < -0.4 is 9.62 Å². The highest BCUT2D eigenvalue weighted by atomic mass is 35.5. The first-order valence-corrected chi connectivity index (χ1v) is 14.5. The van der Waals surface area contributed by atoms with E-state index in [1.54, 1.807) is 18.2 Å². The molecule has 0 aliphatic carbocycles. The van der Waals surface area contributed by atoms with E-state index in [0.29, 0.717) is 23.0 Å². The first kappa shape index (κ1) is 29.5. The van der Waals surface area contributed by atoms with E-state index in [0.717, 1.165) is 16.3 Å². The van der Waals surface area contributed by atoms with Crippen LogP contribution in [0.4, 0.5) is 5.69 Å². The Bertz CT molecular complexity index is 1340. The molecule has 0 radical (unpaired) electrons. The number of sulfonamides is 1. The lowest BCUT2D eigenvalue weighted by atomic mass is 10.1. The van der Waals surface area contributed by atoms with Gasteiger partial charge in [-0.3, -0.25) is 13.9 Å². The highest BCUT2D eigenvalue weighted by Crippen LogP contribution is 2.27. The Hall–Kier alpha value is -3.07. The molecule has 10 heteroatoms. The third-order valence-corrected chi connectivity index (χ3v) is 8.18. The maximum Gasteiger partial charge on any atom is 0.264 e. The molecule has 1 atom stereocenters. The van der Waals surface area contributed by atoms with Gasteiger partial charge in [0.05, 0.1) is 10.6 Å². The molecule has 0 aromatic heterocycles. The van der Waals surface area contributed by atoms with Crippen molar-refractivity contribution in [2.75, 3.05) is 17.4 Å². The van der Waals surface area contributed by atoms with E-state index in [9.17, 15) is 18.0 Å². The number of carbonyl (C=O) groups is 2. The van der Waals surface area contributed by atoms with E-state index in [1.165, 1.54) is 35.2 Å². The lowest BCUT2D eigenvalue weighted by molar-refractivity contribution is -0.140. The fraction of sp³-hybridized carbons (Fsp3) is 0.286. The van der Waals surface area contributed by atoms with Crippen molar-refractivity contribution in [1.82, 2.24) is 10.2 Å². The number of rotatable bonds is 12. The van der Waals surface area contributed by atoms with Crippen LogP contribution in [0.3, 0.4) is 0 Å². The fourth-order valence-corrected chi connectivity index (χ4v) is 5.68. The third kappa shape index (κ3) is 7.49. The lowest BCUT2D eigenvalue weighted by Crippen LogP contribution is -2.52. The van der Waals surface area contributed by atoms with Crippen molar-refractivity contribution in [3.8, 4) is 0 Å². The molecular weight excluding hydrogens is 545 g/mol. The Morgan fingerprint density at radius 2 is 1.58 bits per heavy atom. The molecule has 2 amide bonds. The van der Waals surface area contributed by atoms with Crippen LogP contribution in [-0.2, 0) is 26.2 Å². The largest absolute Gasteiger partial charge is 0.354 e. The summed E-state index contributed by atoms with van der Waals surface area (Å²) in [5.74, 6) is -0.807. The predicted molar refractivity (Wildman–Crippen MR) is 152 cm³/mol. The molecule has 38 heavy (non-hydrogen) atoms. The average molecular weight is 577 g/mol. The van der Waals surface area contributed by atoms with Crippen LogP contribution in [0.2, 0.25) is 10.0 Å². The van der Waals surface area contributed by atoms with Gasteiger partial charge in [-0.25, -0.2) is 8.42 Å². The molecule has 3 rings (SSSR count). The van der Waals surface area contributed by atoms with Crippen molar-refractivity contribution < 1.29 is 18.0 Å². The quantitative estimate of drug-likeness (QED) is 0.308. The SMILES string of the molecule is CCCNC(=O)[C@H](CC)N(Cc1ccccc1)C(=O)CN(c1cccc(Cl)c1)S(=O)(=O)c1ccc(Cl)cc1. The van der Waals surface area contributed by atoms with Crippen LogP contribution in [0, 0.1) is 0 Å². The van der Waals surface area contributed by atoms with Gasteiger partial charge in [0.25, 0.3) is 10.0 Å².